The summed E-state index contributed by atoms with van der Waals surface area (Å²) < 4.78 is 49.4. The highest BCUT2D eigenvalue weighted by Crippen LogP contribution is 2.24. The molecule has 1 aliphatic heterocycles. The Kier molecular flexibility index (Phi) is 31.3. The van der Waals surface area contributed by atoms with Crippen molar-refractivity contribution in [2.24, 2.45) is 0 Å². The molecule has 4 amide bonds. The lowest BCUT2D eigenvalue weighted by Gasteiger charge is -2.42. The van der Waals surface area contributed by atoms with Crippen LogP contribution in [0.4, 0.5) is 4.79 Å². The molecule has 19 nitrogen and oxygen atoms in total. The van der Waals surface area contributed by atoms with Crippen LogP contribution in [0.15, 0.2) is 0 Å². The van der Waals surface area contributed by atoms with Crippen molar-refractivity contribution < 1.29 is 72.3 Å². The first-order chi connectivity index (χ1) is 26.2. The molecule has 19 heteroatoms. The van der Waals surface area contributed by atoms with Crippen LogP contribution in [-0.2, 0) is 52.2 Å². The van der Waals surface area contributed by atoms with Gasteiger partial charge in [-0.15, -0.1) is 0 Å². The number of amides is 4. The zero-order valence-electron chi connectivity index (χ0n) is 32.5. The van der Waals surface area contributed by atoms with Crippen molar-refractivity contribution in [1.82, 2.24) is 20.9 Å². The number of aliphatic hydroxyl groups is 3. The van der Waals surface area contributed by atoms with Crippen molar-refractivity contribution in [1.29, 1.82) is 0 Å². The largest absolute Gasteiger partial charge is 0.394 e. The van der Waals surface area contributed by atoms with Crippen molar-refractivity contribution in [3.8, 4) is 0 Å². The van der Waals surface area contributed by atoms with Crippen LogP contribution in [0.5, 0.6) is 0 Å². The van der Waals surface area contributed by atoms with Gasteiger partial charge in [-0.25, -0.2) is 4.79 Å². The van der Waals surface area contributed by atoms with E-state index in [1.807, 2.05) is 13.8 Å². The Bertz CT molecular complexity index is 937. The molecule has 0 radical (unpaired) electrons. The number of carbonyl (C=O) groups is 3. The number of urea groups is 1. The number of aliphatic hydroxyl groups excluding tert-OH is 3. The summed E-state index contributed by atoms with van der Waals surface area (Å²) in [5.41, 5.74) is 0. The molecule has 5 atom stereocenters. The van der Waals surface area contributed by atoms with Crippen LogP contribution in [-0.4, -0.2) is 207 Å². The van der Waals surface area contributed by atoms with Gasteiger partial charge in [0, 0.05) is 39.7 Å². The van der Waals surface area contributed by atoms with Crippen LogP contribution in [0.25, 0.3) is 0 Å². The summed E-state index contributed by atoms with van der Waals surface area (Å²) in [5, 5.41) is 37.8. The van der Waals surface area contributed by atoms with Gasteiger partial charge in [-0.1, -0.05) is 0 Å². The monoisotopic (exact) mass is 784 g/mol. The van der Waals surface area contributed by atoms with Gasteiger partial charge in [0.1, 0.15) is 18.3 Å². The summed E-state index contributed by atoms with van der Waals surface area (Å²) in [6.07, 6.45) is -2.68. The second kappa shape index (κ2) is 34.0. The molecule has 0 aromatic rings. The van der Waals surface area contributed by atoms with Crippen molar-refractivity contribution in [3.05, 3.63) is 0 Å². The molecule has 54 heavy (non-hydrogen) atoms. The van der Waals surface area contributed by atoms with Crippen LogP contribution in [0.3, 0.4) is 0 Å². The van der Waals surface area contributed by atoms with Gasteiger partial charge in [0.05, 0.1) is 124 Å². The molecule has 0 aromatic heterocycles. The van der Waals surface area contributed by atoms with Crippen molar-refractivity contribution in [2.75, 3.05) is 138 Å². The topological polar surface area (TPSA) is 234 Å². The molecule has 1 rings (SSSR count). The molecule has 0 saturated carbocycles. The molecular weight excluding hydrogens is 716 g/mol. The van der Waals surface area contributed by atoms with Crippen LogP contribution in [0, 0.1) is 0 Å². The number of carbonyl (C=O) groups excluding carboxylic acids is 3. The third kappa shape index (κ3) is 25.0. The quantitative estimate of drug-likeness (QED) is 0.0399. The second-order valence-corrected chi connectivity index (χ2v) is 12.1. The lowest BCUT2D eigenvalue weighted by molar-refractivity contribution is -0.197. The van der Waals surface area contributed by atoms with Crippen molar-refractivity contribution in [2.45, 2.75) is 70.5 Å². The lowest BCUT2D eigenvalue weighted by Crippen LogP contribution is -2.63. The number of ether oxygens (including phenoxy) is 9. The Morgan fingerprint density at radius 2 is 1.04 bits per heavy atom. The van der Waals surface area contributed by atoms with Crippen LogP contribution in [0.1, 0.15) is 40.0 Å². The standard InChI is InChI=1S/C35H68N4O15/c1-4-39(5-2)31(42)8-12-47-16-19-50-21-23-52-25-26-53-24-22-51-20-18-49-14-10-37-35(45)36-9-13-48-17-15-46-11-6-7-29-32(38-28(3)41)34(44)33(43)30(27-40)54-29/h29-30,32-34,40,43-44H,4-27H2,1-3H3,(H,38,41)(H2,36,37,45)/t29-,30-,32+,33+,34-/m1/s1. The normalized spacial score (nSPS) is 19.8. The van der Waals surface area contributed by atoms with Gasteiger partial charge in [0.15, 0.2) is 0 Å². The highest BCUT2D eigenvalue weighted by atomic mass is 16.6. The Hall–Kier alpha value is -2.27. The molecule has 0 unspecified atom stereocenters. The van der Waals surface area contributed by atoms with Crippen LogP contribution < -0.4 is 16.0 Å². The van der Waals surface area contributed by atoms with Gasteiger partial charge >= 0.3 is 6.03 Å². The minimum Gasteiger partial charge on any atom is -0.394 e. The summed E-state index contributed by atoms with van der Waals surface area (Å²) in [5.74, 6) is -0.253. The Morgan fingerprint density at radius 3 is 1.46 bits per heavy atom. The van der Waals surface area contributed by atoms with Gasteiger partial charge < -0.3 is 78.8 Å². The zero-order chi connectivity index (χ0) is 39.7. The maximum Gasteiger partial charge on any atom is 0.314 e. The minimum atomic E-state index is -1.30. The van der Waals surface area contributed by atoms with E-state index in [0.29, 0.717) is 151 Å². The first-order valence-electron chi connectivity index (χ1n) is 19.1. The lowest BCUT2D eigenvalue weighted by atomic mass is 9.90. The second-order valence-electron chi connectivity index (χ2n) is 12.1. The van der Waals surface area contributed by atoms with Gasteiger partial charge in [-0.3, -0.25) is 9.59 Å². The van der Waals surface area contributed by atoms with E-state index in [2.05, 4.69) is 16.0 Å². The number of nitrogens with zero attached hydrogens (tertiary/aromatic N) is 1. The molecule has 1 aliphatic rings. The predicted molar refractivity (Wildman–Crippen MR) is 195 cm³/mol. The zero-order valence-corrected chi connectivity index (χ0v) is 32.5. The van der Waals surface area contributed by atoms with E-state index in [1.165, 1.54) is 6.92 Å². The van der Waals surface area contributed by atoms with Crippen LogP contribution in [0.2, 0.25) is 0 Å². The summed E-state index contributed by atoms with van der Waals surface area (Å²) in [4.78, 5) is 37.1. The molecule has 318 valence electrons. The van der Waals surface area contributed by atoms with Crippen molar-refractivity contribution >= 4 is 17.8 Å². The highest BCUT2D eigenvalue weighted by Gasteiger charge is 2.44. The average Bonchev–Trinajstić information content (AvgIpc) is 3.15. The molecule has 1 fully saturated rings. The molecule has 0 aromatic carbocycles. The van der Waals surface area contributed by atoms with E-state index < -0.39 is 37.1 Å². The third-order valence-corrected chi connectivity index (χ3v) is 8.05. The maximum absolute atomic E-state index is 11.9. The summed E-state index contributed by atoms with van der Waals surface area (Å²) in [6, 6.07) is -1.12. The number of hydrogen-bond donors (Lipinski definition) is 6. The fourth-order valence-electron chi connectivity index (χ4n) is 5.19. The number of hydrogen-bond acceptors (Lipinski definition) is 15. The molecular formula is C35H68N4O15. The van der Waals surface area contributed by atoms with Gasteiger partial charge in [-0.2, -0.15) is 0 Å². The van der Waals surface area contributed by atoms with Gasteiger partial charge in [-0.05, 0) is 26.7 Å². The van der Waals surface area contributed by atoms with E-state index in [0.717, 1.165) is 0 Å². The highest BCUT2D eigenvalue weighted by molar-refractivity contribution is 5.76. The summed E-state index contributed by atoms with van der Waals surface area (Å²) in [6.45, 7) is 13.4. The summed E-state index contributed by atoms with van der Waals surface area (Å²) >= 11 is 0. The first-order valence-corrected chi connectivity index (χ1v) is 19.1. The molecule has 0 bridgehead atoms. The van der Waals surface area contributed by atoms with E-state index in [4.69, 9.17) is 42.6 Å². The maximum atomic E-state index is 11.9. The van der Waals surface area contributed by atoms with Gasteiger partial charge in [0.25, 0.3) is 0 Å². The Morgan fingerprint density at radius 1 is 0.611 bits per heavy atom. The molecule has 0 aliphatic carbocycles. The average molecular weight is 785 g/mol. The van der Waals surface area contributed by atoms with E-state index >= 15 is 0 Å². The SMILES string of the molecule is CCN(CC)C(=O)CCOCCOCCOCCOCCOCCOCCNC(=O)NCCOCCOCCC[C@H]1O[C@H](CO)[C@H](O)[C@H](O)[C@H]1NC(C)=O. The first kappa shape index (κ1) is 49.7. The van der Waals surface area contributed by atoms with Crippen LogP contribution >= 0.6 is 0 Å². The van der Waals surface area contributed by atoms with E-state index in [9.17, 15) is 29.7 Å². The Balaban J connectivity index is 1.81. The molecule has 0 spiro atoms. The predicted octanol–water partition coefficient (Wildman–Crippen LogP) is -1.56. The fraction of sp³-hybridized carbons (Fsp3) is 0.914. The minimum absolute atomic E-state index is 0.105. The molecule has 1 saturated heterocycles. The number of rotatable bonds is 35. The molecule has 1 heterocycles. The molecule has 6 N–H and O–H groups in total. The van der Waals surface area contributed by atoms with Crippen molar-refractivity contribution in [3.63, 3.8) is 0 Å². The fourth-order valence-corrected chi connectivity index (χ4v) is 5.19. The van der Waals surface area contributed by atoms with Gasteiger partial charge in [0.2, 0.25) is 11.8 Å². The van der Waals surface area contributed by atoms with E-state index in [1.54, 1.807) is 4.90 Å². The third-order valence-electron chi connectivity index (χ3n) is 8.05. The Labute approximate surface area is 319 Å². The summed E-state index contributed by atoms with van der Waals surface area (Å²) in [7, 11) is 0. The smallest absolute Gasteiger partial charge is 0.314 e. The van der Waals surface area contributed by atoms with E-state index in [-0.39, 0.29) is 17.8 Å². The number of nitrogens with one attached hydrogen (secondary N) is 3.